The lowest BCUT2D eigenvalue weighted by molar-refractivity contribution is -0.119. The van der Waals surface area contributed by atoms with Crippen LogP contribution in [0.2, 0.25) is 0 Å². The molecule has 3 unspecified atom stereocenters. The minimum atomic E-state index is 0.0589. The molecule has 74 valence electrons. The van der Waals surface area contributed by atoms with Crippen molar-refractivity contribution >= 4 is 17.7 Å². The van der Waals surface area contributed by atoms with Crippen LogP contribution in [-0.2, 0) is 4.79 Å². The predicted octanol–water partition coefficient (Wildman–Crippen LogP) is 1.05. The molecule has 2 rings (SSSR count). The van der Waals surface area contributed by atoms with Gasteiger partial charge in [0.15, 0.2) is 0 Å². The third-order valence-electron chi connectivity index (χ3n) is 2.71. The van der Waals surface area contributed by atoms with Crippen molar-refractivity contribution in [3.8, 4) is 0 Å². The second kappa shape index (κ2) is 3.88. The predicted molar refractivity (Wildman–Crippen MR) is 54.4 cm³/mol. The Morgan fingerprint density at radius 1 is 1.46 bits per heavy atom. The first kappa shape index (κ1) is 9.34. The van der Waals surface area contributed by atoms with Gasteiger partial charge in [-0.1, -0.05) is 12.8 Å². The van der Waals surface area contributed by atoms with Crippen molar-refractivity contribution < 1.29 is 4.79 Å². The van der Waals surface area contributed by atoms with Gasteiger partial charge in [0, 0.05) is 18.2 Å². The summed E-state index contributed by atoms with van der Waals surface area (Å²) in [5, 5.41) is 7.09. The third kappa shape index (κ3) is 2.17. The van der Waals surface area contributed by atoms with Gasteiger partial charge in [0.1, 0.15) is 5.50 Å². The maximum Gasteiger partial charge on any atom is 0.218 e. The second-order valence-corrected chi connectivity index (χ2v) is 5.16. The highest BCUT2D eigenvalue weighted by Gasteiger charge is 2.35. The van der Waals surface area contributed by atoms with E-state index in [1.165, 1.54) is 25.7 Å². The molecule has 2 fully saturated rings. The van der Waals surface area contributed by atoms with Crippen molar-refractivity contribution in [2.75, 3.05) is 0 Å². The van der Waals surface area contributed by atoms with Gasteiger partial charge in [-0.05, 0) is 12.8 Å². The van der Waals surface area contributed by atoms with Gasteiger partial charge >= 0.3 is 0 Å². The van der Waals surface area contributed by atoms with Crippen LogP contribution in [0.5, 0.6) is 0 Å². The Labute approximate surface area is 83.0 Å². The summed E-state index contributed by atoms with van der Waals surface area (Å²) in [5.74, 6) is 0.0589. The second-order valence-electron chi connectivity index (χ2n) is 3.81. The monoisotopic (exact) mass is 200 g/mol. The first-order valence-corrected chi connectivity index (χ1v) is 5.88. The van der Waals surface area contributed by atoms with E-state index in [2.05, 4.69) is 10.6 Å². The highest BCUT2D eigenvalue weighted by molar-refractivity contribution is 8.00. The summed E-state index contributed by atoms with van der Waals surface area (Å²) in [6, 6.07) is 0.635. The Morgan fingerprint density at radius 2 is 2.23 bits per heavy atom. The van der Waals surface area contributed by atoms with E-state index in [-0.39, 0.29) is 11.4 Å². The molecule has 0 aromatic heterocycles. The molecule has 13 heavy (non-hydrogen) atoms. The Bertz CT molecular complexity index is 196. The van der Waals surface area contributed by atoms with Crippen LogP contribution in [0.1, 0.15) is 32.6 Å². The molecule has 2 aliphatic rings. The van der Waals surface area contributed by atoms with E-state index in [0.29, 0.717) is 6.04 Å². The van der Waals surface area contributed by atoms with Crippen LogP contribution in [0.15, 0.2) is 0 Å². The lowest BCUT2D eigenvalue weighted by Crippen LogP contribution is -2.42. The molecule has 1 aliphatic heterocycles. The Hall–Kier alpha value is -0.220. The fourth-order valence-corrected chi connectivity index (χ4v) is 3.66. The molecule has 0 aromatic rings. The third-order valence-corrected chi connectivity index (χ3v) is 4.15. The maximum atomic E-state index is 10.8. The van der Waals surface area contributed by atoms with Crippen molar-refractivity contribution in [1.82, 2.24) is 10.6 Å². The van der Waals surface area contributed by atoms with Crippen molar-refractivity contribution in [3.63, 3.8) is 0 Å². The molecule has 1 saturated carbocycles. The zero-order valence-electron chi connectivity index (χ0n) is 7.88. The molecule has 0 aromatic carbocycles. The topological polar surface area (TPSA) is 41.1 Å². The van der Waals surface area contributed by atoms with Crippen molar-refractivity contribution in [2.45, 2.75) is 49.4 Å². The molecular weight excluding hydrogens is 184 g/mol. The number of hydrogen-bond donors (Lipinski definition) is 2. The molecule has 0 spiro atoms. The van der Waals surface area contributed by atoms with Crippen LogP contribution in [0.25, 0.3) is 0 Å². The van der Waals surface area contributed by atoms with Gasteiger partial charge in [0.25, 0.3) is 0 Å². The number of carbonyl (C=O) groups excluding carboxylic acids is 1. The highest BCUT2D eigenvalue weighted by atomic mass is 32.2. The van der Waals surface area contributed by atoms with E-state index < -0.39 is 0 Å². The van der Waals surface area contributed by atoms with Gasteiger partial charge in [-0.3, -0.25) is 10.1 Å². The van der Waals surface area contributed by atoms with E-state index in [9.17, 15) is 4.79 Å². The van der Waals surface area contributed by atoms with E-state index in [1.807, 2.05) is 11.8 Å². The van der Waals surface area contributed by atoms with E-state index in [1.54, 1.807) is 6.92 Å². The van der Waals surface area contributed by atoms with Gasteiger partial charge in [-0.2, -0.15) is 0 Å². The number of nitrogens with one attached hydrogen (secondary N) is 2. The summed E-state index contributed by atoms with van der Waals surface area (Å²) in [4.78, 5) is 10.8. The minimum Gasteiger partial charge on any atom is -0.332 e. The molecule has 3 atom stereocenters. The molecule has 1 saturated heterocycles. The average Bonchev–Trinajstić information content (AvgIpc) is 2.44. The molecule has 0 radical (unpaired) electrons. The molecule has 1 amide bonds. The van der Waals surface area contributed by atoms with Crippen molar-refractivity contribution in [1.29, 1.82) is 0 Å². The number of hydrogen-bond acceptors (Lipinski definition) is 3. The van der Waals surface area contributed by atoms with Crippen LogP contribution in [-0.4, -0.2) is 22.7 Å². The van der Waals surface area contributed by atoms with Crippen LogP contribution in [0, 0.1) is 0 Å². The molecular formula is C9H16N2OS. The average molecular weight is 200 g/mol. The number of thioether (sulfide) groups is 1. The SMILES string of the molecule is CC(=O)NC1NC2CCCCC2S1. The fraction of sp³-hybridized carbons (Fsp3) is 0.889. The van der Waals surface area contributed by atoms with Crippen LogP contribution in [0.4, 0.5) is 0 Å². The van der Waals surface area contributed by atoms with Gasteiger partial charge in [0.2, 0.25) is 5.91 Å². The zero-order chi connectivity index (χ0) is 9.26. The summed E-state index contributed by atoms with van der Waals surface area (Å²) in [6.45, 7) is 1.57. The fourth-order valence-electron chi connectivity index (χ4n) is 2.12. The summed E-state index contributed by atoms with van der Waals surface area (Å²) < 4.78 is 0. The summed E-state index contributed by atoms with van der Waals surface area (Å²) >= 11 is 1.88. The first-order valence-electron chi connectivity index (χ1n) is 4.94. The van der Waals surface area contributed by atoms with Gasteiger partial charge in [-0.25, -0.2) is 0 Å². The molecule has 1 aliphatic carbocycles. The number of amides is 1. The van der Waals surface area contributed by atoms with Crippen LogP contribution in [0.3, 0.4) is 0 Å². The Kier molecular flexibility index (Phi) is 2.79. The van der Waals surface area contributed by atoms with E-state index in [0.717, 1.165) is 5.25 Å². The minimum absolute atomic E-state index is 0.0589. The normalized spacial score (nSPS) is 38.4. The summed E-state index contributed by atoms with van der Waals surface area (Å²) in [7, 11) is 0. The molecule has 2 N–H and O–H groups in total. The molecule has 0 bridgehead atoms. The summed E-state index contributed by atoms with van der Waals surface area (Å²) in [5.41, 5.74) is 0.158. The molecule has 3 nitrogen and oxygen atoms in total. The van der Waals surface area contributed by atoms with Crippen molar-refractivity contribution in [3.05, 3.63) is 0 Å². The summed E-state index contributed by atoms with van der Waals surface area (Å²) in [6.07, 6.45) is 5.26. The lowest BCUT2D eigenvalue weighted by atomic mass is 9.95. The number of carbonyl (C=O) groups is 1. The molecule has 4 heteroatoms. The first-order chi connectivity index (χ1) is 6.25. The van der Waals surface area contributed by atoms with Crippen molar-refractivity contribution in [2.24, 2.45) is 0 Å². The van der Waals surface area contributed by atoms with E-state index in [4.69, 9.17) is 0 Å². The number of fused-ring (bicyclic) bond motifs is 1. The van der Waals surface area contributed by atoms with Gasteiger partial charge in [-0.15, -0.1) is 11.8 Å². The Morgan fingerprint density at radius 3 is 2.92 bits per heavy atom. The van der Waals surface area contributed by atoms with Crippen LogP contribution >= 0.6 is 11.8 Å². The highest BCUT2D eigenvalue weighted by Crippen LogP contribution is 2.35. The molecule has 1 heterocycles. The quantitative estimate of drug-likeness (QED) is 0.665. The largest absolute Gasteiger partial charge is 0.332 e. The zero-order valence-corrected chi connectivity index (χ0v) is 8.69. The lowest BCUT2D eigenvalue weighted by Gasteiger charge is -2.22. The number of rotatable bonds is 1. The van der Waals surface area contributed by atoms with Gasteiger partial charge in [0.05, 0.1) is 0 Å². The smallest absolute Gasteiger partial charge is 0.218 e. The van der Waals surface area contributed by atoms with Gasteiger partial charge < -0.3 is 5.32 Å². The van der Waals surface area contributed by atoms with E-state index >= 15 is 0 Å². The maximum absolute atomic E-state index is 10.8. The Balaban J connectivity index is 1.87. The van der Waals surface area contributed by atoms with Crippen LogP contribution < -0.4 is 10.6 Å². The standard InChI is InChI=1S/C9H16N2OS/c1-6(12)10-9-11-7-4-2-3-5-8(7)13-9/h7-9,11H,2-5H2,1H3,(H,10,12).